The largest absolute Gasteiger partial charge is 0.352 e. The minimum atomic E-state index is 0.441. The number of hydrogen-bond donors (Lipinski definition) is 0. The molecular weight excluding hydrogens is 282 g/mol. The van der Waals surface area contributed by atoms with Gasteiger partial charge in [0, 0.05) is 31.0 Å². The molecule has 0 aliphatic carbocycles. The number of anilines is 1. The maximum absolute atomic E-state index is 4.29. The second-order valence-corrected chi connectivity index (χ2v) is 5.13. The minimum Gasteiger partial charge on any atom is -0.352 e. The molecule has 2 aromatic rings. The molecule has 0 radical (unpaired) electrons. The van der Waals surface area contributed by atoms with Gasteiger partial charge in [-0.1, -0.05) is 0 Å². The van der Waals surface area contributed by atoms with Gasteiger partial charge in [-0.2, -0.15) is 5.10 Å². The predicted molar refractivity (Wildman–Crippen MR) is 67.9 cm³/mol. The molecule has 0 unspecified atom stereocenters. The first-order valence-electron chi connectivity index (χ1n) is 5.45. The van der Waals surface area contributed by atoms with E-state index in [0.717, 1.165) is 29.1 Å². The van der Waals surface area contributed by atoms with Gasteiger partial charge in [-0.05, 0) is 22.9 Å². The molecule has 0 N–H and O–H groups in total. The molecule has 1 fully saturated rings. The van der Waals surface area contributed by atoms with Gasteiger partial charge in [0.2, 0.25) is 0 Å². The summed E-state index contributed by atoms with van der Waals surface area (Å²) in [5, 5.41) is 4.29. The molecule has 3 rings (SSSR count). The van der Waals surface area contributed by atoms with Crippen molar-refractivity contribution in [1.29, 1.82) is 0 Å². The number of hydrogen-bond acceptors (Lipinski definition) is 4. The molecule has 88 valence electrons. The summed E-state index contributed by atoms with van der Waals surface area (Å²) >= 11 is 3.41. The highest BCUT2D eigenvalue weighted by molar-refractivity contribution is 9.10. The third kappa shape index (κ3) is 2.04. The van der Waals surface area contributed by atoms with Gasteiger partial charge >= 0.3 is 0 Å². The summed E-state index contributed by atoms with van der Waals surface area (Å²) in [4.78, 5) is 10.6. The highest BCUT2D eigenvalue weighted by atomic mass is 79.9. The third-order valence-electron chi connectivity index (χ3n) is 2.92. The van der Waals surface area contributed by atoms with E-state index in [1.54, 1.807) is 6.33 Å². The van der Waals surface area contributed by atoms with Crippen molar-refractivity contribution in [2.45, 2.75) is 13.0 Å². The Morgan fingerprint density at radius 2 is 2.18 bits per heavy atom. The Kier molecular flexibility index (Phi) is 2.58. The highest BCUT2D eigenvalue weighted by Crippen LogP contribution is 2.26. The van der Waals surface area contributed by atoms with E-state index in [-0.39, 0.29) is 0 Å². The van der Waals surface area contributed by atoms with Crippen LogP contribution in [0.1, 0.15) is 11.7 Å². The maximum atomic E-state index is 4.29. The SMILES string of the molecule is Cc1cc(N2CC(n3cc(Br)cn3)C2)ncn1. The lowest BCUT2D eigenvalue weighted by atomic mass is 10.1. The van der Waals surface area contributed by atoms with Crippen LogP contribution in [0.15, 0.2) is 29.3 Å². The fraction of sp³-hybridized carbons (Fsp3) is 0.364. The molecule has 0 bridgehead atoms. The van der Waals surface area contributed by atoms with Crippen LogP contribution < -0.4 is 4.90 Å². The summed E-state index contributed by atoms with van der Waals surface area (Å²) in [7, 11) is 0. The molecule has 0 amide bonds. The smallest absolute Gasteiger partial charge is 0.132 e. The quantitative estimate of drug-likeness (QED) is 0.847. The number of aromatic nitrogens is 4. The van der Waals surface area contributed by atoms with Crippen LogP contribution in [0.5, 0.6) is 0 Å². The molecule has 2 aromatic heterocycles. The molecular formula is C11H12BrN5. The van der Waals surface area contributed by atoms with E-state index in [2.05, 4.69) is 35.9 Å². The predicted octanol–water partition coefficient (Wildman–Crippen LogP) is 1.81. The first kappa shape index (κ1) is 10.7. The van der Waals surface area contributed by atoms with E-state index in [1.165, 1.54) is 0 Å². The molecule has 17 heavy (non-hydrogen) atoms. The zero-order valence-corrected chi connectivity index (χ0v) is 11.0. The van der Waals surface area contributed by atoms with Crippen molar-refractivity contribution in [1.82, 2.24) is 19.7 Å². The van der Waals surface area contributed by atoms with Crippen LogP contribution in [-0.2, 0) is 0 Å². The number of aryl methyl sites for hydroxylation is 1. The summed E-state index contributed by atoms with van der Waals surface area (Å²) in [6.45, 7) is 3.88. The van der Waals surface area contributed by atoms with E-state index >= 15 is 0 Å². The van der Waals surface area contributed by atoms with Gasteiger partial charge in [-0.25, -0.2) is 9.97 Å². The van der Waals surface area contributed by atoms with Crippen molar-refractivity contribution in [3.63, 3.8) is 0 Å². The van der Waals surface area contributed by atoms with Crippen LogP contribution in [0, 0.1) is 6.92 Å². The lowest BCUT2D eigenvalue weighted by Gasteiger charge is -2.40. The Labute approximate surface area is 108 Å². The van der Waals surface area contributed by atoms with Crippen molar-refractivity contribution < 1.29 is 0 Å². The second kappa shape index (κ2) is 4.10. The Morgan fingerprint density at radius 1 is 1.35 bits per heavy atom. The van der Waals surface area contributed by atoms with Crippen molar-refractivity contribution in [3.8, 4) is 0 Å². The first-order chi connectivity index (χ1) is 8.22. The molecule has 0 spiro atoms. The van der Waals surface area contributed by atoms with Crippen LogP contribution >= 0.6 is 15.9 Å². The van der Waals surface area contributed by atoms with Crippen molar-refractivity contribution in [2.24, 2.45) is 0 Å². The number of halogens is 1. The fourth-order valence-corrected chi connectivity index (χ4v) is 2.24. The van der Waals surface area contributed by atoms with Gasteiger partial charge in [-0.15, -0.1) is 0 Å². The Bertz CT molecular complexity index is 532. The zero-order valence-electron chi connectivity index (χ0n) is 9.41. The van der Waals surface area contributed by atoms with Gasteiger partial charge < -0.3 is 4.90 Å². The van der Waals surface area contributed by atoms with Crippen molar-refractivity contribution in [3.05, 3.63) is 35.0 Å². The average Bonchev–Trinajstić information content (AvgIpc) is 2.63. The van der Waals surface area contributed by atoms with Gasteiger partial charge in [0.05, 0.1) is 16.7 Å². The lowest BCUT2D eigenvalue weighted by Crippen LogP contribution is -2.48. The molecule has 1 saturated heterocycles. The molecule has 5 nitrogen and oxygen atoms in total. The van der Waals surface area contributed by atoms with Crippen LogP contribution in [0.2, 0.25) is 0 Å². The third-order valence-corrected chi connectivity index (χ3v) is 3.33. The van der Waals surface area contributed by atoms with Gasteiger partial charge in [0.25, 0.3) is 0 Å². The van der Waals surface area contributed by atoms with Gasteiger partial charge in [-0.3, -0.25) is 4.68 Å². The monoisotopic (exact) mass is 293 g/mol. The standard InChI is InChI=1S/C11H12BrN5/c1-8-2-11(14-7-13-8)16-5-10(6-16)17-4-9(12)3-15-17/h2-4,7,10H,5-6H2,1H3. The van der Waals surface area contributed by atoms with E-state index in [4.69, 9.17) is 0 Å². The molecule has 1 aliphatic rings. The molecule has 3 heterocycles. The lowest BCUT2D eigenvalue weighted by molar-refractivity contribution is 0.365. The summed E-state index contributed by atoms with van der Waals surface area (Å²) in [6.07, 6.45) is 5.44. The average molecular weight is 294 g/mol. The number of nitrogens with zero attached hydrogens (tertiary/aromatic N) is 5. The summed E-state index contributed by atoms with van der Waals surface area (Å²) in [5.74, 6) is 1.000. The summed E-state index contributed by atoms with van der Waals surface area (Å²) in [6, 6.07) is 2.45. The van der Waals surface area contributed by atoms with E-state index < -0.39 is 0 Å². The molecule has 0 saturated carbocycles. The Balaban J connectivity index is 1.69. The van der Waals surface area contributed by atoms with Crippen LogP contribution in [-0.4, -0.2) is 32.8 Å². The fourth-order valence-electron chi connectivity index (χ4n) is 1.94. The van der Waals surface area contributed by atoms with Crippen LogP contribution in [0.3, 0.4) is 0 Å². The highest BCUT2D eigenvalue weighted by Gasteiger charge is 2.29. The molecule has 0 aromatic carbocycles. The Morgan fingerprint density at radius 3 is 2.82 bits per heavy atom. The molecule has 6 heteroatoms. The molecule has 0 atom stereocenters. The first-order valence-corrected chi connectivity index (χ1v) is 6.25. The molecule has 1 aliphatic heterocycles. The van der Waals surface area contributed by atoms with Crippen LogP contribution in [0.25, 0.3) is 0 Å². The summed E-state index contributed by atoms with van der Waals surface area (Å²) in [5.41, 5.74) is 1.00. The Hall–Kier alpha value is -1.43. The zero-order chi connectivity index (χ0) is 11.8. The second-order valence-electron chi connectivity index (χ2n) is 4.21. The van der Waals surface area contributed by atoms with Crippen molar-refractivity contribution >= 4 is 21.7 Å². The minimum absolute atomic E-state index is 0.441. The van der Waals surface area contributed by atoms with Gasteiger partial charge in [0.1, 0.15) is 12.1 Å². The van der Waals surface area contributed by atoms with Gasteiger partial charge in [0.15, 0.2) is 0 Å². The van der Waals surface area contributed by atoms with E-state index in [0.29, 0.717) is 6.04 Å². The number of rotatable bonds is 2. The normalized spacial score (nSPS) is 16.0. The van der Waals surface area contributed by atoms with Crippen LogP contribution in [0.4, 0.5) is 5.82 Å². The van der Waals surface area contributed by atoms with E-state index in [1.807, 2.05) is 30.1 Å². The van der Waals surface area contributed by atoms with Crippen molar-refractivity contribution in [2.75, 3.05) is 18.0 Å². The maximum Gasteiger partial charge on any atom is 0.132 e. The van der Waals surface area contributed by atoms with E-state index in [9.17, 15) is 0 Å². The topological polar surface area (TPSA) is 46.8 Å². The summed E-state index contributed by atoms with van der Waals surface area (Å²) < 4.78 is 3.02.